The van der Waals surface area contributed by atoms with E-state index in [4.69, 9.17) is 10.3 Å². The van der Waals surface area contributed by atoms with E-state index < -0.39 is 0 Å². The fourth-order valence-corrected chi connectivity index (χ4v) is 4.86. The highest BCUT2D eigenvalue weighted by Gasteiger charge is 2.28. The molecule has 2 amide bonds. The number of primary amides is 1. The van der Waals surface area contributed by atoms with Gasteiger partial charge in [-0.2, -0.15) is 4.98 Å². The van der Waals surface area contributed by atoms with Gasteiger partial charge in [0.05, 0.1) is 17.3 Å². The minimum Gasteiger partial charge on any atom is -0.369 e. The summed E-state index contributed by atoms with van der Waals surface area (Å²) < 4.78 is 5.37. The second-order valence-corrected chi connectivity index (χ2v) is 9.24. The van der Waals surface area contributed by atoms with Crippen LogP contribution in [-0.4, -0.2) is 89.0 Å². The largest absolute Gasteiger partial charge is 0.369 e. The van der Waals surface area contributed by atoms with Crippen molar-refractivity contribution in [3.8, 4) is 10.7 Å². The van der Waals surface area contributed by atoms with Crippen LogP contribution in [0.2, 0.25) is 0 Å². The van der Waals surface area contributed by atoms with Crippen molar-refractivity contribution in [2.75, 3.05) is 52.4 Å². The number of aryl methyl sites for hydroxylation is 1. The zero-order valence-corrected chi connectivity index (χ0v) is 18.6. The quantitative estimate of drug-likeness (QED) is 0.646. The van der Waals surface area contributed by atoms with E-state index in [1.807, 2.05) is 17.5 Å². The summed E-state index contributed by atoms with van der Waals surface area (Å²) in [6.07, 6.45) is 3.37. The molecule has 10 heteroatoms. The van der Waals surface area contributed by atoms with E-state index in [2.05, 4.69) is 19.9 Å². The third kappa shape index (κ3) is 5.90. The number of carbonyl (C=O) groups is 2. The summed E-state index contributed by atoms with van der Waals surface area (Å²) in [6, 6.07) is 3.97. The smallest absolute Gasteiger partial charge is 0.236 e. The van der Waals surface area contributed by atoms with Gasteiger partial charge in [0.15, 0.2) is 0 Å². The Bertz CT molecular complexity index is 862. The zero-order valence-electron chi connectivity index (χ0n) is 17.7. The molecule has 1 unspecified atom stereocenters. The van der Waals surface area contributed by atoms with Crippen LogP contribution in [0.3, 0.4) is 0 Å². The Morgan fingerprint density at radius 2 is 2.00 bits per heavy atom. The van der Waals surface area contributed by atoms with Crippen LogP contribution in [0.4, 0.5) is 0 Å². The Morgan fingerprint density at radius 1 is 1.19 bits per heavy atom. The Hall–Kier alpha value is -2.30. The first-order valence-corrected chi connectivity index (χ1v) is 11.8. The van der Waals surface area contributed by atoms with Gasteiger partial charge in [-0.05, 0) is 37.3 Å². The Kier molecular flexibility index (Phi) is 7.31. The highest BCUT2D eigenvalue weighted by Crippen LogP contribution is 2.21. The molecule has 4 heterocycles. The van der Waals surface area contributed by atoms with E-state index in [0.29, 0.717) is 24.8 Å². The van der Waals surface area contributed by atoms with E-state index in [0.717, 1.165) is 69.8 Å². The van der Waals surface area contributed by atoms with Crippen LogP contribution in [0.15, 0.2) is 22.0 Å². The molecule has 0 aromatic carbocycles. The maximum Gasteiger partial charge on any atom is 0.236 e. The number of nitrogens with zero attached hydrogens (tertiary/aromatic N) is 5. The molecule has 0 saturated carbocycles. The molecule has 2 fully saturated rings. The van der Waals surface area contributed by atoms with E-state index in [1.54, 1.807) is 16.2 Å². The predicted octanol–water partition coefficient (Wildman–Crippen LogP) is 1.07. The highest BCUT2D eigenvalue weighted by atomic mass is 32.1. The maximum atomic E-state index is 12.6. The van der Waals surface area contributed by atoms with Crippen molar-refractivity contribution in [2.45, 2.75) is 25.7 Å². The lowest BCUT2D eigenvalue weighted by atomic mass is 9.97. The van der Waals surface area contributed by atoms with Gasteiger partial charge in [0.1, 0.15) is 0 Å². The van der Waals surface area contributed by atoms with Crippen LogP contribution >= 0.6 is 11.3 Å². The number of aromatic nitrogens is 2. The van der Waals surface area contributed by atoms with Crippen molar-refractivity contribution in [2.24, 2.45) is 11.7 Å². The Labute approximate surface area is 186 Å². The molecule has 31 heavy (non-hydrogen) atoms. The van der Waals surface area contributed by atoms with Crippen molar-refractivity contribution in [1.29, 1.82) is 0 Å². The molecule has 2 aliphatic heterocycles. The molecular formula is C21H30N6O3S. The van der Waals surface area contributed by atoms with Crippen LogP contribution in [0.25, 0.3) is 10.7 Å². The molecule has 2 saturated heterocycles. The number of piperidine rings is 1. The third-order valence-electron chi connectivity index (χ3n) is 6.07. The second-order valence-electron chi connectivity index (χ2n) is 8.29. The predicted molar refractivity (Wildman–Crippen MR) is 117 cm³/mol. The van der Waals surface area contributed by atoms with Gasteiger partial charge in [0.25, 0.3) is 0 Å². The first kappa shape index (κ1) is 21.9. The van der Waals surface area contributed by atoms with Crippen LogP contribution < -0.4 is 5.73 Å². The van der Waals surface area contributed by atoms with E-state index in [-0.39, 0.29) is 17.7 Å². The standard InChI is InChI=1S/C21H30N6O3S/c22-20(29)16-4-1-8-27(14-16)19(28)15-26-11-9-25(10-12-26)7-2-6-18-23-21(24-30-18)17-5-3-13-31-17/h3,5,13,16H,1-2,4,6-12,14-15H2,(H2,22,29). The lowest BCUT2D eigenvalue weighted by Gasteiger charge is -2.37. The summed E-state index contributed by atoms with van der Waals surface area (Å²) in [7, 11) is 0. The van der Waals surface area contributed by atoms with E-state index >= 15 is 0 Å². The number of piperazine rings is 1. The molecule has 2 N–H and O–H groups in total. The van der Waals surface area contributed by atoms with Crippen LogP contribution in [0.1, 0.15) is 25.2 Å². The molecule has 4 rings (SSSR count). The summed E-state index contributed by atoms with van der Waals surface area (Å²) in [5, 5.41) is 6.06. The van der Waals surface area contributed by atoms with Gasteiger partial charge in [-0.15, -0.1) is 11.3 Å². The first-order chi connectivity index (χ1) is 15.1. The Morgan fingerprint density at radius 3 is 2.74 bits per heavy atom. The molecule has 0 spiro atoms. The average molecular weight is 447 g/mol. The highest BCUT2D eigenvalue weighted by molar-refractivity contribution is 7.13. The van der Waals surface area contributed by atoms with Crippen molar-refractivity contribution >= 4 is 23.2 Å². The van der Waals surface area contributed by atoms with Gasteiger partial charge in [-0.1, -0.05) is 11.2 Å². The van der Waals surface area contributed by atoms with Gasteiger partial charge >= 0.3 is 0 Å². The van der Waals surface area contributed by atoms with Crippen LogP contribution in [-0.2, 0) is 16.0 Å². The number of nitrogens with two attached hydrogens (primary N) is 1. The molecule has 0 bridgehead atoms. The lowest BCUT2D eigenvalue weighted by Crippen LogP contribution is -2.52. The van der Waals surface area contributed by atoms with Crippen molar-refractivity contribution in [1.82, 2.24) is 24.8 Å². The van der Waals surface area contributed by atoms with Crippen molar-refractivity contribution < 1.29 is 14.1 Å². The minimum absolute atomic E-state index is 0.109. The van der Waals surface area contributed by atoms with Gasteiger partial charge in [0.2, 0.25) is 23.5 Å². The Balaban J connectivity index is 1.14. The van der Waals surface area contributed by atoms with Gasteiger partial charge in [0, 0.05) is 45.7 Å². The number of rotatable bonds is 8. The summed E-state index contributed by atoms with van der Waals surface area (Å²) in [4.78, 5) is 36.0. The molecular weight excluding hydrogens is 416 g/mol. The summed E-state index contributed by atoms with van der Waals surface area (Å²) >= 11 is 1.61. The fourth-order valence-electron chi connectivity index (χ4n) is 4.21. The van der Waals surface area contributed by atoms with Crippen LogP contribution in [0, 0.1) is 5.92 Å². The van der Waals surface area contributed by atoms with Crippen molar-refractivity contribution in [3.05, 3.63) is 23.4 Å². The minimum atomic E-state index is -0.297. The number of hydrogen-bond donors (Lipinski definition) is 1. The molecule has 0 radical (unpaired) electrons. The average Bonchev–Trinajstić information content (AvgIpc) is 3.47. The molecule has 9 nitrogen and oxygen atoms in total. The SMILES string of the molecule is NC(=O)C1CCCN(C(=O)CN2CCN(CCCc3nc(-c4cccs4)no3)CC2)C1. The van der Waals surface area contributed by atoms with Gasteiger partial charge in [-0.3, -0.25) is 14.5 Å². The second kappa shape index (κ2) is 10.3. The first-order valence-electron chi connectivity index (χ1n) is 11.0. The zero-order chi connectivity index (χ0) is 21.6. The van der Waals surface area contributed by atoms with Crippen LogP contribution in [0.5, 0.6) is 0 Å². The maximum absolute atomic E-state index is 12.6. The van der Waals surface area contributed by atoms with Gasteiger partial charge in [-0.25, -0.2) is 0 Å². The fraction of sp³-hybridized carbons (Fsp3) is 0.619. The molecule has 2 aromatic rings. The summed E-state index contributed by atoms with van der Waals surface area (Å²) in [6.45, 7) is 6.24. The number of amides is 2. The van der Waals surface area contributed by atoms with E-state index in [1.165, 1.54) is 0 Å². The number of carbonyl (C=O) groups excluding carboxylic acids is 2. The third-order valence-corrected chi connectivity index (χ3v) is 6.94. The number of hydrogen-bond acceptors (Lipinski definition) is 8. The lowest BCUT2D eigenvalue weighted by molar-refractivity contribution is -0.136. The molecule has 168 valence electrons. The molecule has 2 aliphatic rings. The summed E-state index contributed by atoms with van der Waals surface area (Å²) in [5.74, 6) is 0.962. The number of thiophene rings is 1. The van der Waals surface area contributed by atoms with E-state index in [9.17, 15) is 9.59 Å². The molecule has 1 atom stereocenters. The summed E-state index contributed by atoms with van der Waals surface area (Å²) in [5.41, 5.74) is 5.42. The topological polar surface area (TPSA) is 109 Å². The number of likely N-dealkylation sites (tertiary alicyclic amines) is 1. The monoisotopic (exact) mass is 446 g/mol. The van der Waals surface area contributed by atoms with Gasteiger partial charge < -0.3 is 20.1 Å². The normalized spacial score (nSPS) is 20.8. The molecule has 2 aromatic heterocycles. The molecule has 0 aliphatic carbocycles. The van der Waals surface area contributed by atoms with Crippen molar-refractivity contribution in [3.63, 3.8) is 0 Å².